The molecule has 4 nitrogen and oxygen atoms in total. The molecule has 128 valence electrons. The number of likely N-dealkylation sites (tertiary alicyclic amines) is 1. The van der Waals surface area contributed by atoms with E-state index in [9.17, 15) is 5.11 Å². The zero-order valence-electron chi connectivity index (χ0n) is 14.6. The molecule has 0 radical (unpaired) electrons. The van der Waals surface area contributed by atoms with Crippen LogP contribution in [0.15, 0.2) is 42.9 Å². The highest BCUT2D eigenvalue weighted by molar-refractivity contribution is 5.23. The summed E-state index contributed by atoms with van der Waals surface area (Å²) in [6, 6.07) is 8.91. The second-order valence-corrected chi connectivity index (χ2v) is 7.34. The molecule has 1 N–H and O–H groups in total. The van der Waals surface area contributed by atoms with Crippen LogP contribution in [0.1, 0.15) is 30.7 Å². The van der Waals surface area contributed by atoms with Crippen molar-refractivity contribution in [3.8, 4) is 0 Å². The van der Waals surface area contributed by atoms with Crippen molar-refractivity contribution in [1.29, 1.82) is 0 Å². The maximum atomic E-state index is 10.4. The number of benzene rings is 1. The molecule has 2 heterocycles. The van der Waals surface area contributed by atoms with E-state index in [-0.39, 0.29) is 12.0 Å². The van der Waals surface area contributed by atoms with Crippen LogP contribution in [0.2, 0.25) is 0 Å². The third-order valence-corrected chi connectivity index (χ3v) is 4.64. The third-order valence-electron chi connectivity index (χ3n) is 4.64. The van der Waals surface area contributed by atoms with Crippen LogP contribution < -0.4 is 0 Å². The average Bonchev–Trinajstić information content (AvgIpc) is 2.89. The van der Waals surface area contributed by atoms with E-state index in [1.165, 1.54) is 11.1 Å². The highest BCUT2D eigenvalue weighted by Crippen LogP contribution is 2.22. The van der Waals surface area contributed by atoms with Gasteiger partial charge in [-0.15, -0.1) is 0 Å². The molecule has 3 rings (SSSR count). The third kappa shape index (κ3) is 4.62. The summed E-state index contributed by atoms with van der Waals surface area (Å²) in [7, 11) is 0. The van der Waals surface area contributed by atoms with E-state index >= 15 is 0 Å². The number of aliphatic hydroxyl groups is 1. The molecule has 1 aromatic heterocycles. The highest BCUT2D eigenvalue weighted by atomic mass is 16.3. The summed E-state index contributed by atoms with van der Waals surface area (Å²) in [6.07, 6.45) is 6.83. The van der Waals surface area contributed by atoms with Crippen molar-refractivity contribution in [3.63, 3.8) is 0 Å². The van der Waals surface area contributed by atoms with Gasteiger partial charge in [0.05, 0.1) is 11.8 Å². The molecule has 1 aliphatic rings. The van der Waals surface area contributed by atoms with Gasteiger partial charge in [0.1, 0.15) is 0 Å². The van der Waals surface area contributed by atoms with Gasteiger partial charge >= 0.3 is 0 Å². The van der Waals surface area contributed by atoms with Crippen LogP contribution in [0.25, 0.3) is 0 Å². The van der Waals surface area contributed by atoms with Crippen LogP contribution in [-0.2, 0) is 19.4 Å². The number of aliphatic hydroxyl groups excluding tert-OH is 1. The molecule has 0 saturated carbocycles. The van der Waals surface area contributed by atoms with Crippen molar-refractivity contribution in [3.05, 3.63) is 59.7 Å². The van der Waals surface area contributed by atoms with Gasteiger partial charge in [-0.25, -0.2) is 0 Å². The largest absolute Gasteiger partial charge is 0.391 e. The molecule has 1 saturated heterocycles. The lowest BCUT2D eigenvalue weighted by Crippen LogP contribution is -2.21. The smallest absolute Gasteiger partial charge is 0.0711 e. The van der Waals surface area contributed by atoms with Crippen molar-refractivity contribution in [2.45, 2.75) is 39.3 Å². The van der Waals surface area contributed by atoms with Crippen molar-refractivity contribution in [2.24, 2.45) is 11.8 Å². The van der Waals surface area contributed by atoms with Crippen molar-refractivity contribution < 1.29 is 5.11 Å². The Hall–Kier alpha value is -1.78. The van der Waals surface area contributed by atoms with Gasteiger partial charge in [0.25, 0.3) is 0 Å². The Morgan fingerprint density at radius 3 is 2.54 bits per heavy atom. The number of rotatable bonds is 6. The molecule has 0 unspecified atom stereocenters. The van der Waals surface area contributed by atoms with Gasteiger partial charge in [0, 0.05) is 44.1 Å². The lowest BCUT2D eigenvalue weighted by atomic mass is 10.0. The van der Waals surface area contributed by atoms with Crippen molar-refractivity contribution >= 4 is 0 Å². The van der Waals surface area contributed by atoms with E-state index in [4.69, 9.17) is 0 Å². The predicted molar refractivity (Wildman–Crippen MR) is 95.5 cm³/mol. The van der Waals surface area contributed by atoms with Crippen LogP contribution in [0.3, 0.4) is 0 Å². The molecule has 4 heteroatoms. The van der Waals surface area contributed by atoms with Crippen LogP contribution in [-0.4, -0.2) is 39.2 Å². The molecule has 0 aliphatic carbocycles. The van der Waals surface area contributed by atoms with E-state index in [1.807, 2.05) is 0 Å². The van der Waals surface area contributed by atoms with Gasteiger partial charge in [-0.3, -0.25) is 14.9 Å². The van der Waals surface area contributed by atoms with Gasteiger partial charge in [-0.1, -0.05) is 38.1 Å². The molecule has 24 heavy (non-hydrogen) atoms. The SMILES string of the molecule is CC(C)Cc1ccc(CN2C[C@@H](Cc3cnccn3)[C@H](O)C2)cc1. The summed E-state index contributed by atoms with van der Waals surface area (Å²) in [5.74, 6) is 0.924. The Bertz CT molecular complexity index is 627. The van der Waals surface area contributed by atoms with Crippen LogP contribution in [0.4, 0.5) is 0 Å². The fourth-order valence-electron chi connectivity index (χ4n) is 3.49. The Balaban J connectivity index is 1.55. The van der Waals surface area contributed by atoms with E-state index in [2.05, 4.69) is 53.0 Å². The summed E-state index contributed by atoms with van der Waals surface area (Å²) in [5.41, 5.74) is 3.67. The number of aromatic nitrogens is 2. The Morgan fingerprint density at radius 2 is 1.88 bits per heavy atom. The number of hydrogen-bond donors (Lipinski definition) is 1. The molecule has 2 aromatic rings. The van der Waals surface area contributed by atoms with Crippen LogP contribution in [0.5, 0.6) is 0 Å². The monoisotopic (exact) mass is 325 g/mol. The zero-order valence-corrected chi connectivity index (χ0v) is 14.6. The van der Waals surface area contributed by atoms with Crippen LogP contribution >= 0.6 is 0 Å². The zero-order chi connectivity index (χ0) is 16.9. The maximum Gasteiger partial charge on any atom is 0.0711 e. The fraction of sp³-hybridized carbons (Fsp3) is 0.500. The molecular formula is C20H27N3O. The summed E-state index contributed by atoms with van der Waals surface area (Å²) < 4.78 is 0. The second kappa shape index (κ2) is 7.86. The second-order valence-electron chi connectivity index (χ2n) is 7.34. The number of hydrogen-bond acceptors (Lipinski definition) is 4. The van der Waals surface area contributed by atoms with Gasteiger partial charge in [-0.2, -0.15) is 0 Å². The van der Waals surface area contributed by atoms with E-state index in [0.717, 1.165) is 38.2 Å². The quantitative estimate of drug-likeness (QED) is 0.887. The van der Waals surface area contributed by atoms with Gasteiger partial charge in [-0.05, 0) is 29.9 Å². The lowest BCUT2D eigenvalue weighted by Gasteiger charge is -2.16. The molecular weight excluding hydrogens is 298 g/mol. The molecule has 0 spiro atoms. The summed E-state index contributed by atoms with van der Waals surface area (Å²) in [6.45, 7) is 7.04. The first-order valence-corrected chi connectivity index (χ1v) is 8.83. The van der Waals surface area contributed by atoms with Crippen molar-refractivity contribution in [2.75, 3.05) is 13.1 Å². The lowest BCUT2D eigenvalue weighted by molar-refractivity contribution is 0.140. The number of β-amino-alcohol motifs (C(OH)–C–C–N with tert-alkyl or cyclic N) is 1. The first kappa shape index (κ1) is 17.1. The minimum atomic E-state index is -0.285. The van der Waals surface area contributed by atoms with Gasteiger partial charge in [0.2, 0.25) is 0 Å². The minimum absolute atomic E-state index is 0.238. The average molecular weight is 325 g/mol. The van der Waals surface area contributed by atoms with E-state index in [1.54, 1.807) is 18.6 Å². The molecule has 2 atom stereocenters. The van der Waals surface area contributed by atoms with E-state index in [0.29, 0.717) is 5.92 Å². The highest BCUT2D eigenvalue weighted by Gasteiger charge is 2.31. The molecule has 1 fully saturated rings. The minimum Gasteiger partial charge on any atom is -0.391 e. The molecule has 0 amide bonds. The fourth-order valence-corrected chi connectivity index (χ4v) is 3.49. The van der Waals surface area contributed by atoms with E-state index < -0.39 is 0 Å². The Kier molecular flexibility index (Phi) is 5.59. The Labute approximate surface area is 144 Å². The van der Waals surface area contributed by atoms with Crippen molar-refractivity contribution in [1.82, 2.24) is 14.9 Å². The molecule has 0 bridgehead atoms. The maximum absolute atomic E-state index is 10.4. The first-order chi connectivity index (χ1) is 11.6. The summed E-state index contributed by atoms with van der Waals surface area (Å²) in [5, 5.41) is 10.4. The first-order valence-electron chi connectivity index (χ1n) is 8.83. The standard InChI is InChI=1S/C20H27N3O/c1-15(2)9-16-3-5-17(6-4-16)12-23-13-18(20(24)14-23)10-19-11-21-7-8-22-19/h3-8,11,15,18,20,24H,9-10,12-14H2,1-2H3/t18-,20-/m1/s1. The van der Waals surface area contributed by atoms with Gasteiger partial charge in [0.15, 0.2) is 0 Å². The molecule has 1 aromatic carbocycles. The summed E-state index contributed by atoms with van der Waals surface area (Å²) >= 11 is 0. The Morgan fingerprint density at radius 1 is 1.12 bits per heavy atom. The topological polar surface area (TPSA) is 49.2 Å². The predicted octanol–water partition coefficient (Wildman–Crippen LogP) is 2.71. The van der Waals surface area contributed by atoms with Crippen LogP contribution in [0, 0.1) is 11.8 Å². The molecule has 1 aliphatic heterocycles. The number of nitrogens with zero attached hydrogens (tertiary/aromatic N) is 3. The normalized spacial score (nSPS) is 21.5. The summed E-state index contributed by atoms with van der Waals surface area (Å²) in [4.78, 5) is 10.8. The van der Waals surface area contributed by atoms with Gasteiger partial charge < -0.3 is 5.11 Å².